The van der Waals surface area contributed by atoms with Crippen molar-refractivity contribution in [3.63, 3.8) is 0 Å². The quantitative estimate of drug-likeness (QED) is 0.752. The van der Waals surface area contributed by atoms with Crippen LogP contribution in [0.3, 0.4) is 0 Å². The smallest absolute Gasteiger partial charge is 0.410 e. The minimum absolute atomic E-state index is 0.214. The fraction of sp³-hybridized carbons (Fsp3) is 0.769. The van der Waals surface area contributed by atoms with E-state index >= 15 is 0 Å². The summed E-state index contributed by atoms with van der Waals surface area (Å²) in [5.41, 5.74) is -0.420. The predicted octanol–water partition coefficient (Wildman–Crippen LogP) is 2.16. The number of amides is 1. The van der Waals surface area contributed by atoms with Gasteiger partial charge in [-0.3, -0.25) is 0 Å². The Morgan fingerprint density at radius 2 is 2.24 bits per heavy atom. The average molecular weight is 240 g/mol. The SMILES string of the molecule is CC/C=C/C1CN(C(=O)OC(C)(C)C)CCN1. The molecule has 1 fully saturated rings. The lowest BCUT2D eigenvalue weighted by molar-refractivity contribution is 0.0209. The number of allylic oxidation sites excluding steroid dienone is 1. The number of carbonyl (C=O) groups is 1. The van der Waals surface area contributed by atoms with E-state index in [2.05, 4.69) is 24.4 Å². The second-order valence-electron chi connectivity index (χ2n) is 5.32. The zero-order chi connectivity index (χ0) is 12.9. The van der Waals surface area contributed by atoms with Crippen LogP contribution in [0.2, 0.25) is 0 Å². The second-order valence-corrected chi connectivity index (χ2v) is 5.32. The number of carbonyl (C=O) groups excluding carboxylic acids is 1. The average Bonchev–Trinajstić information content (AvgIpc) is 2.24. The molecule has 0 aromatic heterocycles. The maximum Gasteiger partial charge on any atom is 0.410 e. The van der Waals surface area contributed by atoms with Crippen LogP contribution in [0.15, 0.2) is 12.2 Å². The molecule has 4 heteroatoms. The molecule has 1 atom stereocenters. The zero-order valence-corrected chi connectivity index (χ0v) is 11.3. The van der Waals surface area contributed by atoms with Crippen molar-refractivity contribution in [3.05, 3.63) is 12.2 Å². The molecular weight excluding hydrogens is 216 g/mol. The summed E-state index contributed by atoms with van der Waals surface area (Å²) >= 11 is 0. The van der Waals surface area contributed by atoms with E-state index in [1.807, 2.05) is 20.8 Å². The van der Waals surface area contributed by atoms with Crippen molar-refractivity contribution in [1.29, 1.82) is 0 Å². The molecule has 0 aromatic rings. The molecule has 1 aliphatic heterocycles. The highest BCUT2D eigenvalue weighted by atomic mass is 16.6. The molecule has 1 unspecified atom stereocenters. The molecule has 0 aliphatic carbocycles. The number of hydrogen-bond donors (Lipinski definition) is 1. The van der Waals surface area contributed by atoms with E-state index in [4.69, 9.17) is 4.74 Å². The zero-order valence-electron chi connectivity index (χ0n) is 11.3. The van der Waals surface area contributed by atoms with Gasteiger partial charge in [-0.2, -0.15) is 0 Å². The van der Waals surface area contributed by atoms with Crippen LogP contribution >= 0.6 is 0 Å². The van der Waals surface area contributed by atoms with Crippen molar-refractivity contribution >= 4 is 6.09 Å². The molecule has 0 spiro atoms. The van der Waals surface area contributed by atoms with Crippen molar-refractivity contribution in [1.82, 2.24) is 10.2 Å². The van der Waals surface area contributed by atoms with Crippen molar-refractivity contribution in [2.75, 3.05) is 19.6 Å². The van der Waals surface area contributed by atoms with Crippen LogP contribution < -0.4 is 5.32 Å². The molecule has 4 nitrogen and oxygen atoms in total. The van der Waals surface area contributed by atoms with Crippen LogP contribution in [-0.4, -0.2) is 42.3 Å². The second kappa shape index (κ2) is 6.05. The van der Waals surface area contributed by atoms with Crippen LogP contribution in [0.4, 0.5) is 4.79 Å². The maximum atomic E-state index is 11.9. The van der Waals surface area contributed by atoms with Gasteiger partial charge in [-0.15, -0.1) is 0 Å². The highest BCUT2D eigenvalue weighted by molar-refractivity contribution is 5.68. The standard InChI is InChI=1S/C13H24N2O2/c1-5-6-7-11-10-15(9-8-14-11)12(16)17-13(2,3)4/h6-7,11,14H,5,8-10H2,1-4H3/b7-6+. The summed E-state index contributed by atoms with van der Waals surface area (Å²) in [6, 6.07) is 0.246. The van der Waals surface area contributed by atoms with Gasteiger partial charge in [-0.1, -0.05) is 19.1 Å². The number of nitrogens with one attached hydrogen (secondary N) is 1. The molecule has 1 aliphatic rings. The first kappa shape index (κ1) is 14.0. The first-order valence-electron chi connectivity index (χ1n) is 6.30. The van der Waals surface area contributed by atoms with E-state index in [9.17, 15) is 4.79 Å². The molecule has 0 radical (unpaired) electrons. The molecule has 1 rings (SSSR count). The van der Waals surface area contributed by atoms with Crippen LogP contribution in [0, 0.1) is 0 Å². The lowest BCUT2D eigenvalue weighted by Crippen LogP contribution is -2.52. The van der Waals surface area contributed by atoms with Gasteiger partial charge in [0.25, 0.3) is 0 Å². The predicted molar refractivity (Wildman–Crippen MR) is 69.0 cm³/mol. The van der Waals surface area contributed by atoms with Crippen LogP contribution in [0.1, 0.15) is 34.1 Å². The first-order chi connectivity index (χ1) is 7.92. The van der Waals surface area contributed by atoms with Gasteiger partial charge in [0.1, 0.15) is 5.60 Å². The number of nitrogens with zero attached hydrogens (tertiary/aromatic N) is 1. The van der Waals surface area contributed by atoms with Crippen molar-refractivity contribution in [3.8, 4) is 0 Å². The Bertz CT molecular complexity index is 282. The highest BCUT2D eigenvalue weighted by Gasteiger charge is 2.26. The Balaban J connectivity index is 2.49. The van der Waals surface area contributed by atoms with Gasteiger partial charge >= 0.3 is 6.09 Å². The molecule has 1 amide bonds. The monoisotopic (exact) mass is 240 g/mol. The molecule has 0 saturated carbocycles. The van der Waals surface area contributed by atoms with Crippen molar-refractivity contribution in [2.45, 2.75) is 45.8 Å². The van der Waals surface area contributed by atoms with Gasteiger partial charge in [0, 0.05) is 25.7 Å². The molecule has 0 bridgehead atoms. The van der Waals surface area contributed by atoms with Gasteiger partial charge in [0.2, 0.25) is 0 Å². The molecular formula is C13H24N2O2. The Hall–Kier alpha value is -1.03. The van der Waals surface area contributed by atoms with Gasteiger partial charge in [-0.25, -0.2) is 4.79 Å². The maximum absolute atomic E-state index is 11.9. The third-order valence-electron chi connectivity index (χ3n) is 2.46. The normalized spacial score (nSPS) is 21.9. The Morgan fingerprint density at radius 1 is 1.53 bits per heavy atom. The first-order valence-corrected chi connectivity index (χ1v) is 6.30. The molecule has 17 heavy (non-hydrogen) atoms. The lowest BCUT2D eigenvalue weighted by atomic mass is 10.2. The Kier molecular flexibility index (Phi) is 5.00. The summed E-state index contributed by atoms with van der Waals surface area (Å²) in [5, 5.41) is 3.37. The summed E-state index contributed by atoms with van der Waals surface area (Å²) in [5.74, 6) is 0. The fourth-order valence-electron chi connectivity index (χ4n) is 1.70. The number of hydrogen-bond acceptors (Lipinski definition) is 3. The number of piperazine rings is 1. The third-order valence-corrected chi connectivity index (χ3v) is 2.46. The summed E-state index contributed by atoms with van der Waals surface area (Å²) in [7, 11) is 0. The highest BCUT2D eigenvalue weighted by Crippen LogP contribution is 2.11. The Labute approximate surface area is 104 Å². The molecule has 98 valence electrons. The summed E-state index contributed by atoms with van der Waals surface area (Å²) in [4.78, 5) is 13.7. The van der Waals surface area contributed by atoms with Gasteiger partial charge in [0.05, 0.1) is 0 Å². The van der Waals surface area contributed by atoms with E-state index in [1.54, 1.807) is 4.90 Å². The van der Waals surface area contributed by atoms with Crippen molar-refractivity contribution < 1.29 is 9.53 Å². The van der Waals surface area contributed by atoms with E-state index in [-0.39, 0.29) is 12.1 Å². The topological polar surface area (TPSA) is 41.6 Å². The van der Waals surface area contributed by atoms with Crippen LogP contribution in [0.5, 0.6) is 0 Å². The minimum atomic E-state index is -0.420. The largest absolute Gasteiger partial charge is 0.444 e. The van der Waals surface area contributed by atoms with E-state index in [0.717, 1.165) is 13.0 Å². The fourth-order valence-corrected chi connectivity index (χ4v) is 1.70. The lowest BCUT2D eigenvalue weighted by Gasteiger charge is -2.33. The number of rotatable bonds is 2. The van der Waals surface area contributed by atoms with Crippen LogP contribution in [0.25, 0.3) is 0 Å². The van der Waals surface area contributed by atoms with E-state index in [0.29, 0.717) is 13.1 Å². The van der Waals surface area contributed by atoms with Gasteiger partial charge < -0.3 is 15.0 Å². The summed E-state index contributed by atoms with van der Waals surface area (Å²) in [6.07, 6.45) is 5.05. The summed E-state index contributed by atoms with van der Waals surface area (Å²) in [6.45, 7) is 9.99. The molecule has 1 heterocycles. The molecule has 0 aromatic carbocycles. The number of ether oxygens (including phenoxy) is 1. The minimum Gasteiger partial charge on any atom is -0.444 e. The Morgan fingerprint density at radius 3 is 2.82 bits per heavy atom. The molecule has 1 saturated heterocycles. The van der Waals surface area contributed by atoms with Crippen LogP contribution in [-0.2, 0) is 4.74 Å². The van der Waals surface area contributed by atoms with Gasteiger partial charge in [0.15, 0.2) is 0 Å². The molecule has 1 N–H and O–H groups in total. The van der Waals surface area contributed by atoms with Crippen molar-refractivity contribution in [2.24, 2.45) is 0 Å². The van der Waals surface area contributed by atoms with E-state index < -0.39 is 5.60 Å². The van der Waals surface area contributed by atoms with Gasteiger partial charge in [-0.05, 0) is 27.2 Å². The summed E-state index contributed by atoms with van der Waals surface area (Å²) < 4.78 is 5.37. The van der Waals surface area contributed by atoms with E-state index in [1.165, 1.54) is 0 Å². The third kappa shape index (κ3) is 5.22.